The van der Waals surface area contributed by atoms with Crippen molar-refractivity contribution in [1.82, 2.24) is 19.9 Å². The summed E-state index contributed by atoms with van der Waals surface area (Å²) in [5.74, 6) is -0.328. The molecule has 4 heterocycles. The monoisotopic (exact) mass is 551 g/mol. The number of benzene rings is 2. The highest BCUT2D eigenvalue weighted by atomic mass is 32.1. The second-order valence-corrected chi connectivity index (χ2v) is 9.62. The summed E-state index contributed by atoms with van der Waals surface area (Å²) in [6.07, 6.45) is 1.22. The molecule has 0 fully saturated rings. The zero-order valence-electron chi connectivity index (χ0n) is 20.5. The van der Waals surface area contributed by atoms with Gasteiger partial charge in [-0.15, -0.1) is 11.3 Å². The van der Waals surface area contributed by atoms with E-state index in [0.717, 1.165) is 17.8 Å². The van der Waals surface area contributed by atoms with Crippen LogP contribution in [-0.4, -0.2) is 52.5 Å². The number of amides is 1. The van der Waals surface area contributed by atoms with E-state index in [2.05, 4.69) is 25.3 Å². The second-order valence-electron chi connectivity index (χ2n) is 8.62. The first kappa shape index (κ1) is 24.7. The molecule has 0 saturated heterocycles. The maximum Gasteiger partial charge on any atom is 0.411 e. The zero-order chi connectivity index (χ0) is 27.1. The van der Waals surface area contributed by atoms with E-state index in [0.29, 0.717) is 37.9 Å². The Kier molecular flexibility index (Phi) is 6.27. The molecule has 0 aliphatic carbocycles. The standard InChI is InChI=1S/C26H19F2N5O5S/c1-12-5-15(21-17(6-12)32-20(35-2)9-30-21)25-33-22-16(27)7-18-23(24(22)39-25)36-10-14(38-18)11-37-26(34)31-13-3-4-19(28)29-8-13/h3-9,14H,10-11H2,1-2H3,(H,31,34)/t14-/m1/s1. The molecule has 0 bridgehead atoms. The van der Waals surface area contributed by atoms with Crippen molar-refractivity contribution >= 4 is 44.4 Å². The first-order chi connectivity index (χ1) is 18.9. The van der Waals surface area contributed by atoms with Crippen molar-refractivity contribution in [3.63, 3.8) is 0 Å². The molecule has 1 N–H and O–H groups in total. The van der Waals surface area contributed by atoms with Crippen molar-refractivity contribution in [2.45, 2.75) is 13.0 Å². The van der Waals surface area contributed by atoms with E-state index >= 15 is 4.39 Å². The third-order valence-corrected chi connectivity index (χ3v) is 6.92. The lowest BCUT2D eigenvalue weighted by Gasteiger charge is -2.26. The summed E-state index contributed by atoms with van der Waals surface area (Å²) >= 11 is 1.25. The molecule has 1 aliphatic heterocycles. The first-order valence-corrected chi connectivity index (χ1v) is 12.5. The normalized spacial score (nSPS) is 14.4. The van der Waals surface area contributed by atoms with Crippen LogP contribution in [-0.2, 0) is 4.74 Å². The Balaban J connectivity index is 1.24. The molecule has 5 aromatic rings. The van der Waals surface area contributed by atoms with Gasteiger partial charge in [0.2, 0.25) is 11.8 Å². The summed E-state index contributed by atoms with van der Waals surface area (Å²) in [7, 11) is 1.52. The van der Waals surface area contributed by atoms with Gasteiger partial charge in [0.15, 0.2) is 23.4 Å². The Morgan fingerprint density at radius 3 is 2.82 bits per heavy atom. The van der Waals surface area contributed by atoms with E-state index in [1.807, 2.05) is 19.1 Å². The third-order valence-electron chi connectivity index (χ3n) is 5.83. The topological polar surface area (TPSA) is 118 Å². The van der Waals surface area contributed by atoms with E-state index in [1.54, 1.807) is 0 Å². The van der Waals surface area contributed by atoms with Crippen molar-refractivity contribution in [2.75, 3.05) is 25.6 Å². The van der Waals surface area contributed by atoms with Crippen LogP contribution < -0.4 is 19.5 Å². The molecule has 0 saturated carbocycles. The van der Waals surface area contributed by atoms with Crippen LogP contribution in [0.4, 0.5) is 19.3 Å². The number of fused-ring (bicyclic) bond motifs is 4. The predicted octanol–water partition coefficient (Wildman–Crippen LogP) is 5.29. The number of carbonyl (C=O) groups excluding carboxylic acids is 1. The number of hydrogen-bond donors (Lipinski definition) is 1. The molecule has 198 valence electrons. The molecular weight excluding hydrogens is 532 g/mol. The Morgan fingerprint density at radius 2 is 2.03 bits per heavy atom. The van der Waals surface area contributed by atoms with Crippen LogP contribution in [0.25, 0.3) is 31.8 Å². The maximum absolute atomic E-state index is 15.1. The van der Waals surface area contributed by atoms with E-state index in [-0.39, 0.29) is 30.2 Å². The molecule has 0 unspecified atom stereocenters. The Hall–Kier alpha value is -4.65. The highest BCUT2D eigenvalue weighted by molar-refractivity contribution is 7.22. The minimum atomic E-state index is -0.780. The van der Waals surface area contributed by atoms with Gasteiger partial charge in [0.05, 0.1) is 36.2 Å². The lowest BCUT2D eigenvalue weighted by Crippen LogP contribution is -2.35. The maximum atomic E-state index is 15.1. The van der Waals surface area contributed by atoms with E-state index in [4.69, 9.17) is 18.9 Å². The molecule has 0 radical (unpaired) electrons. The van der Waals surface area contributed by atoms with Gasteiger partial charge in [-0.05, 0) is 36.8 Å². The highest BCUT2D eigenvalue weighted by Gasteiger charge is 2.28. The molecule has 3 aromatic heterocycles. The smallest absolute Gasteiger partial charge is 0.411 e. The Labute approximate surface area is 223 Å². The predicted molar refractivity (Wildman–Crippen MR) is 138 cm³/mol. The van der Waals surface area contributed by atoms with Crippen LogP contribution in [0.1, 0.15) is 5.56 Å². The van der Waals surface area contributed by atoms with Crippen LogP contribution >= 0.6 is 11.3 Å². The quantitative estimate of drug-likeness (QED) is 0.291. The van der Waals surface area contributed by atoms with Crippen molar-refractivity contribution in [2.24, 2.45) is 0 Å². The molecule has 13 heteroatoms. The first-order valence-electron chi connectivity index (χ1n) is 11.7. The van der Waals surface area contributed by atoms with Gasteiger partial charge in [-0.3, -0.25) is 5.32 Å². The fourth-order valence-corrected chi connectivity index (χ4v) is 5.18. The van der Waals surface area contributed by atoms with Gasteiger partial charge in [-0.2, -0.15) is 4.39 Å². The number of nitrogens with one attached hydrogen (secondary N) is 1. The van der Waals surface area contributed by atoms with Crippen LogP contribution in [0.2, 0.25) is 0 Å². The number of thiazole rings is 1. The second kappa shape index (κ2) is 9.91. The lowest BCUT2D eigenvalue weighted by molar-refractivity contribution is 0.0381. The van der Waals surface area contributed by atoms with Crippen LogP contribution in [0, 0.1) is 18.7 Å². The molecule has 0 spiro atoms. The van der Waals surface area contributed by atoms with E-state index in [9.17, 15) is 9.18 Å². The molecule has 1 amide bonds. The molecular formula is C26H19F2N5O5S. The number of nitrogens with zero attached hydrogens (tertiary/aromatic N) is 4. The average Bonchev–Trinajstić information content (AvgIpc) is 3.38. The number of hydrogen-bond acceptors (Lipinski definition) is 10. The van der Waals surface area contributed by atoms with Gasteiger partial charge >= 0.3 is 6.09 Å². The number of halogens is 2. The number of aryl methyl sites for hydroxylation is 1. The SMILES string of the molecule is COc1cnc2c(-c3nc4c(F)cc5c(c4s3)OC[C@H](COC(=O)Nc3ccc(F)nc3)O5)cc(C)cc2n1. The van der Waals surface area contributed by atoms with Crippen LogP contribution in [0.3, 0.4) is 0 Å². The van der Waals surface area contributed by atoms with Gasteiger partial charge in [-0.25, -0.2) is 29.1 Å². The van der Waals surface area contributed by atoms with E-state index in [1.165, 1.54) is 36.8 Å². The minimum Gasteiger partial charge on any atom is -0.484 e. The van der Waals surface area contributed by atoms with Gasteiger partial charge in [0.1, 0.15) is 28.4 Å². The lowest BCUT2D eigenvalue weighted by atomic mass is 10.1. The molecule has 1 aliphatic rings. The summed E-state index contributed by atoms with van der Waals surface area (Å²) in [4.78, 5) is 29.0. The van der Waals surface area contributed by atoms with Gasteiger partial charge < -0.3 is 18.9 Å². The molecule has 10 nitrogen and oxygen atoms in total. The molecule has 1 atom stereocenters. The average molecular weight is 552 g/mol. The summed E-state index contributed by atoms with van der Waals surface area (Å²) < 4.78 is 50.7. The highest BCUT2D eigenvalue weighted by Crippen LogP contribution is 2.45. The van der Waals surface area contributed by atoms with Gasteiger partial charge in [0, 0.05) is 11.6 Å². The largest absolute Gasteiger partial charge is 0.484 e. The Bertz CT molecular complexity index is 1730. The van der Waals surface area contributed by atoms with Crippen molar-refractivity contribution in [3.05, 3.63) is 60.1 Å². The number of pyridine rings is 1. The van der Waals surface area contributed by atoms with Gasteiger partial charge in [-0.1, -0.05) is 0 Å². The number of aromatic nitrogens is 4. The van der Waals surface area contributed by atoms with Crippen molar-refractivity contribution < 1.29 is 32.5 Å². The third kappa shape index (κ3) is 4.83. The number of carbonyl (C=O) groups is 1. The van der Waals surface area contributed by atoms with E-state index < -0.39 is 24.0 Å². The summed E-state index contributed by atoms with van der Waals surface area (Å²) in [6.45, 7) is 1.83. The minimum absolute atomic E-state index is 0.0605. The van der Waals surface area contributed by atoms with Crippen molar-refractivity contribution in [1.29, 1.82) is 0 Å². The van der Waals surface area contributed by atoms with Crippen molar-refractivity contribution in [3.8, 4) is 28.0 Å². The molecule has 2 aromatic carbocycles. The summed E-state index contributed by atoms with van der Waals surface area (Å²) in [5, 5.41) is 2.98. The van der Waals surface area contributed by atoms with Crippen LogP contribution in [0.5, 0.6) is 17.4 Å². The number of rotatable bonds is 5. The summed E-state index contributed by atoms with van der Waals surface area (Å²) in [6, 6.07) is 7.47. The number of anilines is 1. The Morgan fingerprint density at radius 1 is 1.15 bits per heavy atom. The van der Waals surface area contributed by atoms with Gasteiger partial charge in [0.25, 0.3) is 0 Å². The fourth-order valence-electron chi connectivity index (χ4n) is 4.09. The summed E-state index contributed by atoms with van der Waals surface area (Å²) in [5.41, 5.74) is 3.30. The molecule has 39 heavy (non-hydrogen) atoms. The number of ether oxygens (including phenoxy) is 4. The number of methoxy groups -OCH3 is 1. The molecule has 6 rings (SSSR count). The fraction of sp³-hybridized carbons (Fsp3) is 0.192. The van der Waals surface area contributed by atoms with Crippen LogP contribution in [0.15, 0.2) is 42.7 Å². The zero-order valence-corrected chi connectivity index (χ0v) is 21.3.